The lowest BCUT2D eigenvalue weighted by atomic mass is 10.1. The normalized spacial score (nSPS) is 13.6. The molecule has 0 aliphatic carbocycles. The van der Waals surface area contributed by atoms with Crippen LogP contribution < -0.4 is 0 Å². The Morgan fingerprint density at radius 2 is 1.88 bits per heavy atom. The van der Waals surface area contributed by atoms with Crippen molar-refractivity contribution >= 4 is 5.97 Å². The van der Waals surface area contributed by atoms with Crippen LogP contribution in [0, 0.1) is 0 Å². The van der Waals surface area contributed by atoms with Gasteiger partial charge >= 0.3 is 5.97 Å². The summed E-state index contributed by atoms with van der Waals surface area (Å²) in [5.41, 5.74) is -0.433. The van der Waals surface area contributed by atoms with Gasteiger partial charge in [-0.25, -0.2) is 14.6 Å². The zero-order valence-corrected chi connectivity index (χ0v) is 11.5. The first-order valence-electron chi connectivity index (χ1n) is 6.50. The van der Waals surface area contributed by atoms with Crippen LogP contribution >= 0.6 is 0 Å². The molecule has 17 heavy (non-hydrogen) atoms. The molecule has 0 amide bonds. The summed E-state index contributed by atoms with van der Waals surface area (Å²) >= 11 is 0. The SMILES string of the molecule is CCCCCCC(OOC(C)(C)CC)C(=O)O. The lowest BCUT2D eigenvalue weighted by Crippen LogP contribution is -2.31. The number of hydrogen-bond donors (Lipinski definition) is 1. The van der Waals surface area contributed by atoms with E-state index in [0.29, 0.717) is 6.42 Å². The monoisotopic (exact) mass is 246 g/mol. The van der Waals surface area contributed by atoms with Gasteiger partial charge in [-0.2, -0.15) is 0 Å². The van der Waals surface area contributed by atoms with Gasteiger partial charge in [-0.05, 0) is 26.7 Å². The molecule has 1 atom stereocenters. The maximum absolute atomic E-state index is 11.0. The molecule has 0 radical (unpaired) electrons. The lowest BCUT2D eigenvalue weighted by molar-refractivity contribution is -0.373. The van der Waals surface area contributed by atoms with Gasteiger partial charge in [-0.15, -0.1) is 0 Å². The summed E-state index contributed by atoms with van der Waals surface area (Å²) < 4.78 is 0. The Kier molecular flexibility index (Phi) is 8.17. The van der Waals surface area contributed by atoms with Crippen molar-refractivity contribution < 1.29 is 19.7 Å². The van der Waals surface area contributed by atoms with Crippen molar-refractivity contribution in [3.8, 4) is 0 Å². The van der Waals surface area contributed by atoms with Crippen LogP contribution in [0.2, 0.25) is 0 Å². The number of carboxylic acid groups (broad SMARTS) is 1. The van der Waals surface area contributed by atoms with Crippen molar-refractivity contribution in [1.29, 1.82) is 0 Å². The maximum Gasteiger partial charge on any atom is 0.336 e. The fourth-order valence-corrected chi connectivity index (χ4v) is 1.22. The average molecular weight is 246 g/mol. The third-order valence-electron chi connectivity index (χ3n) is 2.84. The summed E-state index contributed by atoms with van der Waals surface area (Å²) in [7, 11) is 0. The molecule has 0 fully saturated rings. The van der Waals surface area contributed by atoms with Crippen LogP contribution in [0.5, 0.6) is 0 Å². The Morgan fingerprint density at radius 3 is 2.35 bits per heavy atom. The Labute approximate surface area is 104 Å². The van der Waals surface area contributed by atoms with Gasteiger partial charge < -0.3 is 5.11 Å². The van der Waals surface area contributed by atoms with Gasteiger partial charge in [0.2, 0.25) is 0 Å². The smallest absolute Gasteiger partial charge is 0.336 e. The highest BCUT2D eigenvalue weighted by molar-refractivity contribution is 5.72. The Bertz CT molecular complexity index is 213. The zero-order valence-electron chi connectivity index (χ0n) is 11.5. The molecule has 4 heteroatoms. The van der Waals surface area contributed by atoms with Crippen molar-refractivity contribution in [1.82, 2.24) is 0 Å². The Morgan fingerprint density at radius 1 is 1.24 bits per heavy atom. The van der Waals surface area contributed by atoms with Crippen molar-refractivity contribution in [3.05, 3.63) is 0 Å². The molecule has 102 valence electrons. The van der Waals surface area contributed by atoms with Crippen LogP contribution in [0.3, 0.4) is 0 Å². The van der Waals surface area contributed by atoms with Crippen molar-refractivity contribution in [2.24, 2.45) is 0 Å². The molecule has 4 nitrogen and oxygen atoms in total. The summed E-state index contributed by atoms with van der Waals surface area (Å²) in [4.78, 5) is 21.2. The molecular formula is C13H26O4. The highest BCUT2D eigenvalue weighted by Gasteiger charge is 2.24. The topological polar surface area (TPSA) is 55.8 Å². The van der Waals surface area contributed by atoms with E-state index in [9.17, 15) is 4.79 Å². The molecule has 0 aliphatic rings. The van der Waals surface area contributed by atoms with Crippen LogP contribution in [0.25, 0.3) is 0 Å². The largest absolute Gasteiger partial charge is 0.479 e. The van der Waals surface area contributed by atoms with E-state index < -0.39 is 17.7 Å². The summed E-state index contributed by atoms with van der Waals surface area (Å²) in [6, 6.07) is 0. The molecule has 0 saturated heterocycles. The molecular weight excluding hydrogens is 220 g/mol. The fraction of sp³-hybridized carbons (Fsp3) is 0.923. The standard InChI is InChI=1S/C13H26O4/c1-5-7-8-9-10-11(12(14)15)16-17-13(3,4)6-2/h11H,5-10H2,1-4H3,(H,14,15). The van der Waals surface area contributed by atoms with Crippen LogP contribution in [0.1, 0.15) is 66.2 Å². The van der Waals surface area contributed by atoms with Crippen molar-refractivity contribution in [2.75, 3.05) is 0 Å². The first-order valence-corrected chi connectivity index (χ1v) is 6.50. The van der Waals surface area contributed by atoms with E-state index in [1.54, 1.807) is 0 Å². The van der Waals surface area contributed by atoms with Crippen LogP contribution in [0.4, 0.5) is 0 Å². The van der Waals surface area contributed by atoms with Crippen LogP contribution in [-0.4, -0.2) is 22.8 Å². The number of aliphatic carboxylic acids is 1. The second-order valence-corrected chi connectivity index (χ2v) is 4.97. The average Bonchev–Trinajstić information content (AvgIpc) is 2.27. The highest BCUT2D eigenvalue weighted by atomic mass is 17.2. The predicted octanol–water partition coefficient (Wildman–Crippen LogP) is 3.55. The summed E-state index contributed by atoms with van der Waals surface area (Å²) in [6.07, 6.45) is 4.61. The molecule has 0 aromatic rings. The number of unbranched alkanes of at least 4 members (excludes halogenated alkanes) is 3. The fourth-order valence-electron chi connectivity index (χ4n) is 1.22. The molecule has 0 aromatic heterocycles. The first-order chi connectivity index (χ1) is 7.93. The van der Waals surface area contributed by atoms with Gasteiger partial charge in [0.15, 0.2) is 6.10 Å². The van der Waals surface area contributed by atoms with Crippen molar-refractivity contribution in [3.63, 3.8) is 0 Å². The predicted molar refractivity (Wildman–Crippen MR) is 66.7 cm³/mol. The van der Waals surface area contributed by atoms with E-state index in [1.807, 2.05) is 20.8 Å². The molecule has 1 N–H and O–H groups in total. The van der Waals surface area contributed by atoms with E-state index in [4.69, 9.17) is 14.9 Å². The van der Waals surface area contributed by atoms with Gasteiger partial charge in [0.25, 0.3) is 0 Å². The molecule has 1 unspecified atom stereocenters. The minimum absolute atomic E-state index is 0.433. The van der Waals surface area contributed by atoms with Gasteiger partial charge in [0.05, 0.1) is 5.60 Å². The van der Waals surface area contributed by atoms with E-state index in [0.717, 1.165) is 32.1 Å². The van der Waals surface area contributed by atoms with E-state index in [2.05, 4.69) is 6.92 Å². The summed E-state index contributed by atoms with van der Waals surface area (Å²) in [5.74, 6) is -0.951. The van der Waals surface area contributed by atoms with Crippen LogP contribution in [0.15, 0.2) is 0 Å². The Hall–Kier alpha value is -0.610. The van der Waals surface area contributed by atoms with Gasteiger partial charge in [0.1, 0.15) is 0 Å². The number of carboxylic acids is 1. The molecule has 0 bridgehead atoms. The van der Waals surface area contributed by atoms with E-state index in [1.165, 1.54) is 0 Å². The van der Waals surface area contributed by atoms with Gasteiger partial charge in [-0.1, -0.05) is 39.5 Å². The Balaban J connectivity index is 3.95. The van der Waals surface area contributed by atoms with E-state index in [-0.39, 0.29) is 0 Å². The van der Waals surface area contributed by atoms with Crippen molar-refractivity contribution in [2.45, 2.75) is 77.9 Å². The van der Waals surface area contributed by atoms with Gasteiger partial charge in [-0.3, -0.25) is 0 Å². The highest BCUT2D eigenvalue weighted by Crippen LogP contribution is 2.17. The molecule has 0 rings (SSSR count). The van der Waals surface area contributed by atoms with Gasteiger partial charge in [0, 0.05) is 0 Å². The third-order valence-corrected chi connectivity index (χ3v) is 2.84. The molecule has 0 heterocycles. The molecule has 0 spiro atoms. The lowest BCUT2D eigenvalue weighted by Gasteiger charge is -2.23. The third kappa shape index (κ3) is 8.16. The number of carbonyl (C=O) groups is 1. The first kappa shape index (κ1) is 16.4. The zero-order chi connectivity index (χ0) is 13.3. The number of rotatable bonds is 10. The molecule has 0 aliphatic heterocycles. The minimum atomic E-state index is -0.951. The summed E-state index contributed by atoms with van der Waals surface area (Å²) in [5, 5.41) is 8.99. The number of hydrogen-bond acceptors (Lipinski definition) is 3. The second-order valence-electron chi connectivity index (χ2n) is 4.97. The molecule has 0 saturated carbocycles. The second kappa shape index (κ2) is 8.48. The summed E-state index contributed by atoms with van der Waals surface area (Å²) in [6.45, 7) is 7.85. The van der Waals surface area contributed by atoms with E-state index >= 15 is 0 Å². The minimum Gasteiger partial charge on any atom is -0.479 e. The quantitative estimate of drug-likeness (QED) is 0.364. The molecule has 0 aromatic carbocycles. The van der Waals surface area contributed by atoms with Crippen LogP contribution in [-0.2, 0) is 14.6 Å². The maximum atomic E-state index is 11.0.